The van der Waals surface area contributed by atoms with E-state index in [4.69, 9.17) is 23.1 Å². The third-order valence-electron chi connectivity index (χ3n) is 3.52. The lowest BCUT2D eigenvalue weighted by molar-refractivity contribution is 1.24. The Morgan fingerprint density at radius 2 is 1.77 bits per heavy atom. The molecule has 0 aliphatic carbocycles. The topological polar surface area (TPSA) is 77.8 Å². The first-order valence-corrected chi connectivity index (χ1v) is 7.19. The van der Waals surface area contributed by atoms with Gasteiger partial charge < -0.3 is 11.5 Å². The minimum absolute atomic E-state index is 0.170. The van der Waals surface area contributed by atoms with Crippen LogP contribution in [-0.4, -0.2) is 9.97 Å². The summed E-state index contributed by atoms with van der Waals surface area (Å²) in [4.78, 5) is 8.23. The SMILES string of the molecule is Cc1c(/C(Cl)=C/c2ccccc2)ccc2nc(N)nc(N)c12. The molecule has 3 rings (SSSR count). The van der Waals surface area contributed by atoms with Gasteiger partial charge in [-0.2, -0.15) is 4.98 Å². The molecule has 4 nitrogen and oxygen atoms in total. The molecule has 5 heteroatoms. The molecule has 3 aromatic rings. The fourth-order valence-electron chi connectivity index (χ4n) is 2.47. The van der Waals surface area contributed by atoms with Crippen molar-refractivity contribution in [2.24, 2.45) is 0 Å². The summed E-state index contributed by atoms with van der Waals surface area (Å²) < 4.78 is 0. The maximum absolute atomic E-state index is 6.48. The van der Waals surface area contributed by atoms with Crippen LogP contribution in [-0.2, 0) is 0 Å². The van der Waals surface area contributed by atoms with Crippen LogP contribution in [0.3, 0.4) is 0 Å². The van der Waals surface area contributed by atoms with Crippen molar-refractivity contribution < 1.29 is 0 Å². The maximum Gasteiger partial charge on any atom is 0.222 e. The maximum atomic E-state index is 6.48. The normalized spacial score (nSPS) is 11.8. The molecule has 0 amide bonds. The Kier molecular flexibility index (Phi) is 3.69. The quantitative estimate of drug-likeness (QED) is 0.705. The first kappa shape index (κ1) is 14.4. The zero-order valence-corrected chi connectivity index (χ0v) is 12.8. The van der Waals surface area contributed by atoms with Crippen LogP contribution in [0.15, 0.2) is 42.5 Å². The van der Waals surface area contributed by atoms with E-state index in [0.717, 1.165) is 27.6 Å². The lowest BCUT2D eigenvalue weighted by atomic mass is 10.0. The second-order valence-electron chi connectivity index (χ2n) is 5.00. The largest absolute Gasteiger partial charge is 0.383 e. The van der Waals surface area contributed by atoms with Crippen molar-refractivity contribution in [1.29, 1.82) is 0 Å². The summed E-state index contributed by atoms with van der Waals surface area (Å²) >= 11 is 6.48. The van der Waals surface area contributed by atoms with Crippen molar-refractivity contribution >= 4 is 45.4 Å². The Hall–Kier alpha value is -2.59. The number of hydrogen-bond donors (Lipinski definition) is 2. The molecule has 0 spiro atoms. The number of nitrogens with two attached hydrogens (primary N) is 2. The number of nitrogen functional groups attached to an aromatic ring is 2. The van der Waals surface area contributed by atoms with E-state index in [1.165, 1.54) is 0 Å². The highest BCUT2D eigenvalue weighted by Gasteiger charge is 2.11. The molecule has 0 fully saturated rings. The van der Waals surface area contributed by atoms with Crippen molar-refractivity contribution in [3.8, 4) is 0 Å². The Morgan fingerprint density at radius 3 is 2.50 bits per heavy atom. The summed E-state index contributed by atoms with van der Waals surface area (Å²) in [7, 11) is 0. The summed E-state index contributed by atoms with van der Waals surface area (Å²) in [6.45, 7) is 1.95. The first-order valence-electron chi connectivity index (χ1n) is 6.81. The number of hydrogen-bond acceptors (Lipinski definition) is 4. The van der Waals surface area contributed by atoms with E-state index >= 15 is 0 Å². The predicted molar refractivity (Wildman–Crippen MR) is 93.3 cm³/mol. The molecule has 0 radical (unpaired) electrons. The van der Waals surface area contributed by atoms with Gasteiger partial charge >= 0.3 is 0 Å². The van der Waals surface area contributed by atoms with Crippen LogP contribution in [0.4, 0.5) is 11.8 Å². The van der Waals surface area contributed by atoms with Crippen molar-refractivity contribution in [3.05, 3.63) is 59.2 Å². The molecule has 0 unspecified atom stereocenters. The number of halogens is 1. The van der Waals surface area contributed by atoms with Gasteiger partial charge in [0.2, 0.25) is 5.95 Å². The molecule has 110 valence electrons. The molecule has 0 saturated carbocycles. The standard InChI is InChI=1S/C17H15ClN4/c1-10-12(13(18)9-11-5-3-2-4-6-11)7-8-14-15(10)16(19)22-17(20)21-14/h2-9H,1H3,(H4,19,20,21,22)/b13-9-. The van der Waals surface area contributed by atoms with Crippen molar-refractivity contribution in [3.63, 3.8) is 0 Å². The molecule has 1 aromatic heterocycles. The van der Waals surface area contributed by atoms with E-state index in [1.54, 1.807) is 0 Å². The Balaban J connectivity index is 2.16. The summed E-state index contributed by atoms with van der Waals surface area (Å²) in [6, 6.07) is 13.7. The van der Waals surface area contributed by atoms with Crippen molar-refractivity contribution in [2.45, 2.75) is 6.92 Å². The van der Waals surface area contributed by atoms with Gasteiger partial charge in [-0.05, 0) is 35.8 Å². The van der Waals surface area contributed by atoms with E-state index in [2.05, 4.69) is 9.97 Å². The van der Waals surface area contributed by atoms with E-state index in [0.29, 0.717) is 10.9 Å². The molecule has 0 aliphatic rings. The first-order chi connectivity index (χ1) is 10.6. The van der Waals surface area contributed by atoms with Crippen LogP contribution >= 0.6 is 11.6 Å². The highest BCUT2D eigenvalue weighted by atomic mass is 35.5. The predicted octanol–water partition coefficient (Wildman–Crippen LogP) is 3.84. The lowest BCUT2D eigenvalue weighted by Gasteiger charge is -2.10. The van der Waals surface area contributed by atoms with Crippen LogP contribution in [0.5, 0.6) is 0 Å². The average Bonchev–Trinajstić information content (AvgIpc) is 2.47. The molecular weight excluding hydrogens is 296 g/mol. The van der Waals surface area contributed by atoms with Crippen LogP contribution in [0, 0.1) is 6.92 Å². The molecule has 0 saturated heterocycles. The second kappa shape index (κ2) is 5.66. The summed E-state index contributed by atoms with van der Waals surface area (Å²) in [5.74, 6) is 0.536. The molecular formula is C17H15ClN4. The third-order valence-corrected chi connectivity index (χ3v) is 3.83. The Bertz CT molecular complexity index is 873. The highest BCUT2D eigenvalue weighted by molar-refractivity contribution is 6.51. The number of benzene rings is 2. The molecule has 0 atom stereocenters. The number of rotatable bonds is 2. The van der Waals surface area contributed by atoms with Crippen LogP contribution in [0.1, 0.15) is 16.7 Å². The lowest BCUT2D eigenvalue weighted by Crippen LogP contribution is -2.02. The molecule has 2 aromatic carbocycles. The number of anilines is 2. The van der Waals surface area contributed by atoms with Gasteiger partial charge in [-0.3, -0.25) is 0 Å². The van der Waals surface area contributed by atoms with Gasteiger partial charge in [0.1, 0.15) is 5.82 Å². The zero-order valence-electron chi connectivity index (χ0n) is 12.0. The molecule has 1 heterocycles. The van der Waals surface area contributed by atoms with Gasteiger partial charge in [0.15, 0.2) is 0 Å². The number of fused-ring (bicyclic) bond motifs is 1. The Morgan fingerprint density at radius 1 is 1.05 bits per heavy atom. The smallest absolute Gasteiger partial charge is 0.222 e. The average molecular weight is 311 g/mol. The summed E-state index contributed by atoms with van der Waals surface area (Å²) in [5.41, 5.74) is 15.2. The molecule has 0 bridgehead atoms. The fourth-order valence-corrected chi connectivity index (χ4v) is 2.80. The summed E-state index contributed by atoms with van der Waals surface area (Å²) in [6.07, 6.45) is 1.92. The van der Waals surface area contributed by atoms with Gasteiger partial charge in [-0.1, -0.05) is 48.0 Å². The fraction of sp³-hybridized carbons (Fsp3) is 0.0588. The van der Waals surface area contributed by atoms with Crippen LogP contribution in [0.2, 0.25) is 0 Å². The van der Waals surface area contributed by atoms with E-state index in [-0.39, 0.29) is 5.95 Å². The van der Waals surface area contributed by atoms with Crippen molar-refractivity contribution in [2.75, 3.05) is 11.5 Å². The van der Waals surface area contributed by atoms with Gasteiger partial charge in [0, 0.05) is 10.4 Å². The van der Waals surface area contributed by atoms with Crippen LogP contribution < -0.4 is 11.5 Å². The Labute approximate surface area is 133 Å². The number of nitrogens with zero attached hydrogens (tertiary/aromatic N) is 2. The third kappa shape index (κ3) is 2.61. The highest BCUT2D eigenvalue weighted by Crippen LogP contribution is 2.32. The number of aryl methyl sites for hydroxylation is 1. The number of aromatic nitrogens is 2. The van der Waals surface area contributed by atoms with Gasteiger partial charge in [0.05, 0.1) is 5.52 Å². The minimum Gasteiger partial charge on any atom is -0.383 e. The van der Waals surface area contributed by atoms with E-state index < -0.39 is 0 Å². The van der Waals surface area contributed by atoms with Gasteiger partial charge in [0.25, 0.3) is 0 Å². The molecule has 0 aliphatic heterocycles. The summed E-state index contributed by atoms with van der Waals surface area (Å²) in [5, 5.41) is 1.42. The van der Waals surface area contributed by atoms with E-state index in [1.807, 2.05) is 55.5 Å². The second-order valence-corrected chi connectivity index (χ2v) is 5.41. The minimum atomic E-state index is 0.170. The molecule has 22 heavy (non-hydrogen) atoms. The van der Waals surface area contributed by atoms with Gasteiger partial charge in [-0.15, -0.1) is 0 Å². The van der Waals surface area contributed by atoms with E-state index in [9.17, 15) is 0 Å². The van der Waals surface area contributed by atoms with Crippen molar-refractivity contribution in [1.82, 2.24) is 9.97 Å². The van der Waals surface area contributed by atoms with Gasteiger partial charge in [-0.25, -0.2) is 4.98 Å². The zero-order chi connectivity index (χ0) is 15.7. The van der Waals surface area contributed by atoms with Crippen LogP contribution in [0.25, 0.3) is 22.0 Å². The monoisotopic (exact) mass is 310 g/mol. The molecule has 4 N–H and O–H groups in total.